The van der Waals surface area contributed by atoms with Gasteiger partial charge in [0.2, 0.25) is 5.95 Å². The van der Waals surface area contributed by atoms with Crippen LogP contribution in [0, 0.1) is 6.92 Å². The summed E-state index contributed by atoms with van der Waals surface area (Å²) in [5.41, 5.74) is 2.31. The highest BCUT2D eigenvalue weighted by molar-refractivity contribution is 7.15. The van der Waals surface area contributed by atoms with E-state index < -0.39 is 0 Å². The Kier molecular flexibility index (Phi) is 6.59. The average molecular weight is 450 g/mol. The molecule has 1 N–H and O–H groups in total. The number of rotatable bonds is 6. The van der Waals surface area contributed by atoms with Crippen LogP contribution in [0.2, 0.25) is 0 Å². The van der Waals surface area contributed by atoms with Gasteiger partial charge < -0.3 is 10.2 Å². The number of nitrogens with zero attached hydrogens (tertiary/aromatic N) is 6. The summed E-state index contributed by atoms with van der Waals surface area (Å²) in [6.45, 7) is 7.26. The average Bonchev–Trinajstić information content (AvgIpc) is 3.25. The number of piperidine rings is 2. The molecule has 0 unspecified atom stereocenters. The second-order valence-corrected chi connectivity index (χ2v) is 10.0. The molecule has 8 heteroatoms. The molecule has 0 atom stereocenters. The van der Waals surface area contributed by atoms with Crippen molar-refractivity contribution in [2.45, 2.75) is 51.5 Å². The van der Waals surface area contributed by atoms with Gasteiger partial charge in [0.25, 0.3) is 0 Å². The molecular weight excluding hydrogens is 418 g/mol. The fraction of sp³-hybridized carbons (Fsp3) is 0.500. The fourth-order valence-electron chi connectivity index (χ4n) is 4.61. The summed E-state index contributed by atoms with van der Waals surface area (Å²) < 4.78 is 0. The van der Waals surface area contributed by atoms with Crippen LogP contribution in [0.1, 0.15) is 54.3 Å². The summed E-state index contributed by atoms with van der Waals surface area (Å²) in [6.07, 6.45) is 9.87. The van der Waals surface area contributed by atoms with Gasteiger partial charge in [-0.2, -0.15) is 0 Å². The molecule has 2 aliphatic rings. The maximum absolute atomic E-state index is 4.88. The van der Waals surface area contributed by atoms with Gasteiger partial charge in [0, 0.05) is 48.5 Å². The molecule has 0 aliphatic carbocycles. The molecule has 0 amide bonds. The van der Waals surface area contributed by atoms with E-state index in [1.807, 2.05) is 18.5 Å². The lowest BCUT2D eigenvalue weighted by Gasteiger charge is -2.32. The summed E-state index contributed by atoms with van der Waals surface area (Å²) in [7, 11) is 0. The summed E-state index contributed by atoms with van der Waals surface area (Å²) in [4.78, 5) is 24.7. The van der Waals surface area contributed by atoms with Gasteiger partial charge in [-0.3, -0.25) is 4.90 Å². The SMILES string of the molecule is Cc1cnc(Nc2cccc(C3CCN(Cc4ccnc(N5CCCCC5)n4)CC3)n2)s1. The van der Waals surface area contributed by atoms with Crippen molar-refractivity contribution in [1.82, 2.24) is 24.8 Å². The van der Waals surface area contributed by atoms with Gasteiger partial charge in [0.1, 0.15) is 5.82 Å². The normalized spacial score (nSPS) is 18.1. The quantitative estimate of drug-likeness (QED) is 0.582. The number of anilines is 3. The smallest absolute Gasteiger partial charge is 0.225 e. The fourth-order valence-corrected chi connectivity index (χ4v) is 5.28. The van der Waals surface area contributed by atoms with E-state index >= 15 is 0 Å². The highest BCUT2D eigenvalue weighted by atomic mass is 32.1. The van der Waals surface area contributed by atoms with E-state index in [1.54, 1.807) is 11.3 Å². The van der Waals surface area contributed by atoms with Crippen molar-refractivity contribution < 1.29 is 0 Å². The molecule has 0 bridgehead atoms. The van der Waals surface area contributed by atoms with Crippen molar-refractivity contribution in [2.24, 2.45) is 0 Å². The molecule has 3 aromatic heterocycles. The Labute approximate surface area is 194 Å². The summed E-state index contributed by atoms with van der Waals surface area (Å²) >= 11 is 1.65. The predicted molar refractivity (Wildman–Crippen MR) is 130 cm³/mol. The number of likely N-dealkylation sites (tertiary alicyclic amines) is 1. The van der Waals surface area contributed by atoms with Crippen LogP contribution in [0.25, 0.3) is 0 Å². The van der Waals surface area contributed by atoms with Gasteiger partial charge >= 0.3 is 0 Å². The minimum Gasteiger partial charge on any atom is -0.341 e. The van der Waals surface area contributed by atoms with Crippen LogP contribution >= 0.6 is 11.3 Å². The topological polar surface area (TPSA) is 70.1 Å². The molecular formula is C24H31N7S. The van der Waals surface area contributed by atoms with Crippen LogP contribution < -0.4 is 10.2 Å². The molecule has 2 saturated heterocycles. The molecule has 168 valence electrons. The molecule has 3 aromatic rings. The lowest BCUT2D eigenvalue weighted by Crippen LogP contribution is -2.34. The van der Waals surface area contributed by atoms with E-state index in [-0.39, 0.29) is 0 Å². The molecule has 0 aromatic carbocycles. The lowest BCUT2D eigenvalue weighted by molar-refractivity contribution is 0.201. The third-order valence-corrected chi connectivity index (χ3v) is 7.19. The van der Waals surface area contributed by atoms with Gasteiger partial charge in [-0.25, -0.2) is 19.9 Å². The third-order valence-electron chi connectivity index (χ3n) is 6.36. The van der Waals surface area contributed by atoms with Gasteiger partial charge in [-0.15, -0.1) is 11.3 Å². The standard InChI is InChI=1S/C24H31N7S/c1-18-16-26-24(32-18)29-22-7-5-6-21(28-22)19-9-14-30(15-10-19)17-20-8-11-25-23(27-20)31-12-3-2-4-13-31/h5-8,11,16,19H,2-4,9-10,12-15,17H2,1H3,(H,26,28,29). The molecule has 5 heterocycles. The molecule has 7 nitrogen and oxygen atoms in total. The first kappa shape index (κ1) is 21.3. The van der Waals surface area contributed by atoms with Crippen LogP contribution in [0.3, 0.4) is 0 Å². The first-order valence-electron chi connectivity index (χ1n) is 11.7. The first-order valence-corrected chi connectivity index (χ1v) is 12.5. The van der Waals surface area contributed by atoms with Gasteiger partial charge in [0.15, 0.2) is 5.13 Å². The maximum atomic E-state index is 4.88. The largest absolute Gasteiger partial charge is 0.341 e. The van der Waals surface area contributed by atoms with Gasteiger partial charge in [-0.05, 0) is 70.3 Å². The maximum Gasteiger partial charge on any atom is 0.225 e. The van der Waals surface area contributed by atoms with E-state index in [1.165, 1.54) is 29.8 Å². The molecule has 2 fully saturated rings. The third kappa shape index (κ3) is 5.24. The Hall–Kier alpha value is -2.58. The molecule has 0 saturated carbocycles. The highest BCUT2D eigenvalue weighted by Crippen LogP contribution is 2.29. The highest BCUT2D eigenvalue weighted by Gasteiger charge is 2.23. The minimum absolute atomic E-state index is 0.500. The summed E-state index contributed by atoms with van der Waals surface area (Å²) in [5.74, 6) is 2.28. The molecule has 0 radical (unpaired) electrons. The van der Waals surface area contributed by atoms with E-state index in [9.17, 15) is 0 Å². The van der Waals surface area contributed by atoms with Crippen molar-refractivity contribution in [3.05, 3.63) is 52.9 Å². The number of hydrogen-bond donors (Lipinski definition) is 1. The Morgan fingerprint density at radius 2 is 1.84 bits per heavy atom. The Morgan fingerprint density at radius 3 is 2.62 bits per heavy atom. The zero-order valence-corrected chi connectivity index (χ0v) is 19.5. The lowest BCUT2D eigenvalue weighted by atomic mass is 9.93. The minimum atomic E-state index is 0.500. The van der Waals surface area contributed by atoms with Crippen LogP contribution in [0.15, 0.2) is 36.7 Å². The van der Waals surface area contributed by atoms with E-state index in [4.69, 9.17) is 9.97 Å². The van der Waals surface area contributed by atoms with E-state index in [0.717, 1.165) is 68.2 Å². The van der Waals surface area contributed by atoms with Crippen molar-refractivity contribution in [3.8, 4) is 0 Å². The zero-order chi connectivity index (χ0) is 21.8. The van der Waals surface area contributed by atoms with E-state index in [2.05, 4.69) is 50.2 Å². The Morgan fingerprint density at radius 1 is 1.00 bits per heavy atom. The first-order chi connectivity index (χ1) is 15.7. The van der Waals surface area contributed by atoms with E-state index in [0.29, 0.717) is 5.92 Å². The molecule has 32 heavy (non-hydrogen) atoms. The van der Waals surface area contributed by atoms with Crippen LogP contribution in [0.4, 0.5) is 16.9 Å². The monoisotopic (exact) mass is 449 g/mol. The van der Waals surface area contributed by atoms with Crippen molar-refractivity contribution >= 4 is 28.2 Å². The van der Waals surface area contributed by atoms with Crippen molar-refractivity contribution in [1.29, 1.82) is 0 Å². The number of aromatic nitrogens is 4. The Bertz CT molecular complexity index is 1020. The summed E-state index contributed by atoms with van der Waals surface area (Å²) in [5, 5.41) is 4.24. The second-order valence-electron chi connectivity index (χ2n) is 8.79. The van der Waals surface area contributed by atoms with Crippen LogP contribution in [-0.2, 0) is 6.54 Å². The molecule has 5 rings (SSSR count). The van der Waals surface area contributed by atoms with Gasteiger partial charge in [0.05, 0.1) is 5.69 Å². The number of aryl methyl sites for hydroxylation is 1. The van der Waals surface area contributed by atoms with Crippen LogP contribution in [-0.4, -0.2) is 51.0 Å². The van der Waals surface area contributed by atoms with Crippen molar-refractivity contribution in [2.75, 3.05) is 36.4 Å². The number of hydrogen-bond acceptors (Lipinski definition) is 8. The molecule has 0 spiro atoms. The molecule has 2 aliphatic heterocycles. The van der Waals surface area contributed by atoms with Gasteiger partial charge in [-0.1, -0.05) is 6.07 Å². The van der Waals surface area contributed by atoms with Crippen LogP contribution in [0.5, 0.6) is 0 Å². The Balaban J connectivity index is 1.16. The number of thiazole rings is 1. The zero-order valence-electron chi connectivity index (χ0n) is 18.7. The predicted octanol–water partition coefficient (Wildman–Crippen LogP) is 4.75. The second kappa shape index (κ2) is 9.92. The number of nitrogens with one attached hydrogen (secondary N) is 1. The summed E-state index contributed by atoms with van der Waals surface area (Å²) in [6, 6.07) is 8.34. The van der Waals surface area contributed by atoms with Crippen molar-refractivity contribution in [3.63, 3.8) is 0 Å². The number of pyridine rings is 1.